The van der Waals surface area contributed by atoms with Crippen molar-refractivity contribution >= 4 is 43.4 Å². The summed E-state index contributed by atoms with van der Waals surface area (Å²) in [6, 6.07) is 54.9. The molecular weight excluding hydrogens is 470 g/mol. The minimum Gasteiger partial charge on any atom is -0.309 e. The van der Waals surface area contributed by atoms with Gasteiger partial charge >= 0.3 is 0 Å². The van der Waals surface area contributed by atoms with Crippen molar-refractivity contribution in [1.29, 1.82) is 0 Å². The Morgan fingerprint density at radius 3 is 1.38 bits per heavy atom. The highest BCUT2D eigenvalue weighted by molar-refractivity contribution is 6.22. The molecule has 8 rings (SSSR count). The fraction of sp³-hybridized carbons (Fsp3) is 0. The second-order valence-electron chi connectivity index (χ2n) is 10.1. The first-order valence-electron chi connectivity index (χ1n) is 13.5. The molecule has 0 aliphatic heterocycles. The van der Waals surface area contributed by atoms with Gasteiger partial charge in [-0.3, -0.25) is 0 Å². The first-order chi connectivity index (χ1) is 19.4. The first kappa shape index (κ1) is 21.9. The molecule has 0 spiro atoms. The Hall–Kier alpha value is -5.14. The van der Waals surface area contributed by atoms with Crippen molar-refractivity contribution in [2.45, 2.75) is 0 Å². The lowest BCUT2D eigenvalue weighted by molar-refractivity contribution is 1.18. The van der Waals surface area contributed by atoms with Crippen LogP contribution >= 0.6 is 0 Å². The molecule has 8 aromatic rings. The lowest BCUT2D eigenvalue weighted by Crippen LogP contribution is -1.93. The van der Waals surface area contributed by atoms with E-state index in [0.717, 1.165) is 0 Å². The molecule has 0 N–H and O–H groups in total. The zero-order valence-corrected chi connectivity index (χ0v) is 21.4. The lowest BCUT2D eigenvalue weighted by Gasteiger charge is -2.18. The van der Waals surface area contributed by atoms with Gasteiger partial charge in [0.05, 0.1) is 11.0 Å². The molecule has 1 heterocycles. The molecule has 1 nitrogen and oxygen atoms in total. The number of hydrogen-bond donors (Lipinski definition) is 0. The maximum atomic E-state index is 2.40. The molecule has 0 aliphatic carbocycles. The SMILES string of the molecule is c1ccc(-c2c3ccccc3c(-c3ccc4c(c3)c3ccccc3n4-c3ccccc3)c3ccccc23)cc1. The van der Waals surface area contributed by atoms with E-state index in [1.807, 2.05) is 0 Å². The predicted molar refractivity (Wildman–Crippen MR) is 167 cm³/mol. The standard InChI is InChI=1S/C38H25N/c1-3-13-26(14-4-1)37-30-18-7-9-20-32(30)38(33-21-10-8-19-31(33)37)27-23-24-36-34(25-27)29-17-11-12-22-35(29)39(36)28-15-5-2-6-16-28/h1-25H. The van der Waals surface area contributed by atoms with Gasteiger partial charge in [-0.15, -0.1) is 0 Å². The van der Waals surface area contributed by atoms with Gasteiger partial charge in [-0.1, -0.05) is 121 Å². The van der Waals surface area contributed by atoms with Crippen molar-refractivity contribution in [1.82, 2.24) is 4.57 Å². The third-order valence-electron chi connectivity index (χ3n) is 7.97. The Balaban J connectivity index is 1.48. The number of nitrogens with zero attached hydrogens (tertiary/aromatic N) is 1. The second kappa shape index (κ2) is 8.72. The van der Waals surface area contributed by atoms with Crippen LogP contribution in [0.15, 0.2) is 152 Å². The number of hydrogen-bond acceptors (Lipinski definition) is 0. The molecule has 0 amide bonds. The zero-order chi connectivity index (χ0) is 25.8. The molecule has 0 aliphatic rings. The second-order valence-corrected chi connectivity index (χ2v) is 10.1. The molecule has 0 atom stereocenters. The smallest absolute Gasteiger partial charge is 0.0541 e. The number of benzene rings is 7. The van der Waals surface area contributed by atoms with Gasteiger partial charge in [-0.2, -0.15) is 0 Å². The topological polar surface area (TPSA) is 4.93 Å². The fourth-order valence-corrected chi connectivity index (χ4v) is 6.34. The van der Waals surface area contributed by atoms with E-state index in [4.69, 9.17) is 0 Å². The average molecular weight is 496 g/mol. The van der Waals surface area contributed by atoms with Gasteiger partial charge in [0.2, 0.25) is 0 Å². The molecule has 0 radical (unpaired) electrons. The molecular formula is C38H25N. The highest BCUT2D eigenvalue weighted by Crippen LogP contribution is 2.44. The highest BCUT2D eigenvalue weighted by Gasteiger charge is 2.18. The quantitative estimate of drug-likeness (QED) is 0.215. The van der Waals surface area contributed by atoms with E-state index in [9.17, 15) is 0 Å². The third-order valence-corrected chi connectivity index (χ3v) is 7.97. The Labute approximate surface area is 227 Å². The summed E-state index contributed by atoms with van der Waals surface area (Å²) < 4.78 is 2.38. The Morgan fingerprint density at radius 2 is 0.769 bits per heavy atom. The van der Waals surface area contributed by atoms with Gasteiger partial charge in [0.25, 0.3) is 0 Å². The van der Waals surface area contributed by atoms with Crippen LogP contribution in [0.1, 0.15) is 0 Å². The van der Waals surface area contributed by atoms with Crippen LogP contribution in [0.5, 0.6) is 0 Å². The summed E-state index contributed by atoms with van der Waals surface area (Å²) in [6.45, 7) is 0. The van der Waals surface area contributed by atoms with Crippen molar-refractivity contribution in [3.63, 3.8) is 0 Å². The minimum absolute atomic E-state index is 1.18. The van der Waals surface area contributed by atoms with Crippen LogP contribution in [0.2, 0.25) is 0 Å². The van der Waals surface area contributed by atoms with E-state index in [2.05, 4.69) is 156 Å². The summed E-state index contributed by atoms with van der Waals surface area (Å²) in [5.41, 5.74) is 8.71. The summed E-state index contributed by atoms with van der Waals surface area (Å²) in [6.07, 6.45) is 0. The molecule has 0 saturated carbocycles. The van der Waals surface area contributed by atoms with E-state index in [-0.39, 0.29) is 0 Å². The number of para-hydroxylation sites is 2. The summed E-state index contributed by atoms with van der Waals surface area (Å²) in [7, 11) is 0. The highest BCUT2D eigenvalue weighted by atomic mass is 15.0. The summed E-state index contributed by atoms with van der Waals surface area (Å²) >= 11 is 0. The Kier molecular flexibility index (Phi) is 4.89. The molecule has 1 aromatic heterocycles. The normalized spacial score (nSPS) is 11.6. The number of fused-ring (bicyclic) bond motifs is 5. The molecule has 182 valence electrons. The largest absolute Gasteiger partial charge is 0.309 e. The van der Waals surface area contributed by atoms with Gasteiger partial charge in [0, 0.05) is 16.5 Å². The minimum atomic E-state index is 1.18. The van der Waals surface area contributed by atoms with Crippen LogP contribution in [0.4, 0.5) is 0 Å². The van der Waals surface area contributed by atoms with Crippen LogP contribution < -0.4 is 0 Å². The van der Waals surface area contributed by atoms with Crippen molar-refractivity contribution in [3.05, 3.63) is 152 Å². The number of rotatable bonds is 3. The molecule has 1 heteroatoms. The molecule has 0 bridgehead atoms. The van der Waals surface area contributed by atoms with Gasteiger partial charge in [-0.25, -0.2) is 0 Å². The van der Waals surface area contributed by atoms with Crippen molar-refractivity contribution in [2.75, 3.05) is 0 Å². The monoisotopic (exact) mass is 495 g/mol. The molecule has 39 heavy (non-hydrogen) atoms. The Bertz CT molecular complexity index is 2090. The van der Waals surface area contributed by atoms with Gasteiger partial charge < -0.3 is 4.57 Å². The lowest BCUT2D eigenvalue weighted by atomic mass is 9.86. The summed E-state index contributed by atoms with van der Waals surface area (Å²) in [5, 5.41) is 7.66. The average Bonchev–Trinajstić information content (AvgIpc) is 3.34. The van der Waals surface area contributed by atoms with Crippen LogP contribution in [0.3, 0.4) is 0 Å². The van der Waals surface area contributed by atoms with Crippen LogP contribution in [0, 0.1) is 0 Å². The molecule has 7 aromatic carbocycles. The van der Waals surface area contributed by atoms with Crippen molar-refractivity contribution < 1.29 is 0 Å². The van der Waals surface area contributed by atoms with E-state index >= 15 is 0 Å². The van der Waals surface area contributed by atoms with Gasteiger partial charge in [-0.05, 0) is 74.1 Å². The van der Waals surface area contributed by atoms with E-state index in [1.165, 1.54) is 71.3 Å². The maximum Gasteiger partial charge on any atom is 0.0541 e. The van der Waals surface area contributed by atoms with E-state index < -0.39 is 0 Å². The Morgan fingerprint density at radius 1 is 0.308 bits per heavy atom. The first-order valence-corrected chi connectivity index (χ1v) is 13.5. The van der Waals surface area contributed by atoms with E-state index in [1.54, 1.807) is 0 Å². The van der Waals surface area contributed by atoms with Crippen LogP contribution in [-0.4, -0.2) is 4.57 Å². The predicted octanol–water partition coefficient (Wildman–Crippen LogP) is 10.4. The molecule has 0 saturated heterocycles. The van der Waals surface area contributed by atoms with Crippen molar-refractivity contribution in [3.8, 4) is 27.9 Å². The van der Waals surface area contributed by atoms with Gasteiger partial charge in [0.1, 0.15) is 0 Å². The van der Waals surface area contributed by atoms with Gasteiger partial charge in [0.15, 0.2) is 0 Å². The van der Waals surface area contributed by atoms with Crippen molar-refractivity contribution in [2.24, 2.45) is 0 Å². The van der Waals surface area contributed by atoms with Crippen LogP contribution in [-0.2, 0) is 0 Å². The summed E-state index contributed by atoms with van der Waals surface area (Å²) in [4.78, 5) is 0. The van der Waals surface area contributed by atoms with Crippen LogP contribution in [0.25, 0.3) is 71.3 Å². The molecule has 0 fully saturated rings. The summed E-state index contributed by atoms with van der Waals surface area (Å²) in [5.74, 6) is 0. The third kappa shape index (κ3) is 3.34. The molecule has 0 unspecified atom stereocenters. The number of aromatic nitrogens is 1. The maximum absolute atomic E-state index is 2.40. The van der Waals surface area contributed by atoms with E-state index in [0.29, 0.717) is 0 Å². The zero-order valence-electron chi connectivity index (χ0n) is 21.4. The fourth-order valence-electron chi connectivity index (χ4n) is 6.34.